The molecule has 1 atom stereocenters. The van der Waals surface area contributed by atoms with Gasteiger partial charge in [0.25, 0.3) is 5.56 Å². The summed E-state index contributed by atoms with van der Waals surface area (Å²) >= 11 is 0. The maximum Gasteiger partial charge on any atom is 0.407 e. The number of ether oxygens (including phenoxy) is 1. The van der Waals surface area contributed by atoms with Crippen LogP contribution in [0.2, 0.25) is 0 Å². The van der Waals surface area contributed by atoms with Gasteiger partial charge >= 0.3 is 6.09 Å². The zero-order valence-electron chi connectivity index (χ0n) is 15.9. The molecule has 3 heterocycles. The summed E-state index contributed by atoms with van der Waals surface area (Å²) in [7, 11) is 0. The van der Waals surface area contributed by atoms with Crippen LogP contribution in [-0.4, -0.2) is 46.8 Å². The molecule has 8 nitrogen and oxygen atoms in total. The van der Waals surface area contributed by atoms with Crippen LogP contribution in [0.25, 0.3) is 11.4 Å². The second kappa shape index (κ2) is 8.20. The Morgan fingerprint density at radius 2 is 2.22 bits per heavy atom. The molecule has 8 heteroatoms. The molecule has 0 aliphatic carbocycles. The third-order valence-electron chi connectivity index (χ3n) is 4.76. The molecule has 1 fully saturated rings. The number of nitrogens with one attached hydrogen (secondary N) is 2. The molecule has 0 saturated carbocycles. The Hall–Kier alpha value is -2.90. The average molecular weight is 371 g/mol. The number of aromatic amines is 1. The topological polar surface area (TPSA) is 100 Å². The quantitative estimate of drug-likeness (QED) is 0.854. The van der Waals surface area contributed by atoms with Crippen LogP contribution in [0.15, 0.2) is 23.1 Å². The van der Waals surface area contributed by atoms with Crippen molar-refractivity contribution in [1.29, 1.82) is 0 Å². The number of aryl methyl sites for hydroxylation is 1. The number of piperidine rings is 1. The van der Waals surface area contributed by atoms with E-state index in [1.165, 1.54) is 0 Å². The molecule has 0 aromatic carbocycles. The van der Waals surface area contributed by atoms with Gasteiger partial charge in [0.05, 0.1) is 6.61 Å². The van der Waals surface area contributed by atoms with Crippen molar-refractivity contribution >= 4 is 11.9 Å². The molecule has 27 heavy (non-hydrogen) atoms. The zero-order chi connectivity index (χ0) is 19.4. The predicted molar refractivity (Wildman–Crippen MR) is 103 cm³/mol. The van der Waals surface area contributed by atoms with Crippen LogP contribution in [0.5, 0.6) is 0 Å². The molecule has 2 N–H and O–H groups in total. The first-order valence-electron chi connectivity index (χ1n) is 9.20. The zero-order valence-corrected chi connectivity index (χ0v) is 15.9. The fourth-order valence-electron chi connectivity index (χ4n) is 3.14. The maximum atomic E-state index is 12.0. The highest BCUT2D eigenvalue weighted by atomic mass is 16.5. The third kappa shape index (κ3) is 4.45. The second-order valence-electron chi connectivity index (χ2n) is 6.68. The average Bonchev–Trinajstić information content (AvgIpc) is 2.66. The van der Waals surface area contributed by atoms with Gasteiger partial charge in [-0.05, 0) is 45.7 Å². The van der Waals surface area contributed by atoms with E-state index in [0.29, 0.717) is 30.2 Å². The molecule has 144 valence electrons. The monoisotopic (exact) mass is 371 g/mol. The van der Waals surface area contributed by atoms with Gasteiger partial charge in [0.1, 0.15) is 11.6 Å². The number of H-pyrrole nitrogens is 1. The summed E-state index contributed by atoms with van der Waals surface area (Å²) < 4.78 is 4.96. The highest BCUT2D eigenvalue weighted by molar-refractivity contribution is 5.67. The SMILES string of the molecule is CCOC(=O)NC1CCCN(c2ccc(-c3nc(C)c(C)c(=O)[nH]3)cn2)C1. The van der Waals surface area contributed by atoms with Gasteiger partial charge in [-0.15, -0.1) is 0 Å². The largest absolute Gasteiger partial charge is 0.450 e. The predicted octanol–water partition coefficient (Wildman–Crippen LogP) is 2.16. The molecule has 2 aromatic heterocycles. The lowest BCUT2D eigenvalue weighted by atomic mass is 10.1. The van der Waals surface area contributed by atoms with Crippen LogP contribution in [0.1, 0.15) is 31.0 Å². The number of carbonyl (C=O) groups is 1. The van der Waals surface area contributed by atoms with Gasteiger partial charge in [0, 0.05) is 42.1 Å². The summed E-state index contributed by atoms with van der Waals surface area (Å²) in [6, 6.07) is 3.85. The Labute approximate surface area is 158 Å². The van der Waals surface area contributed by atoms with Crippen molar-refractivity contribution in [3.63, 3.8) is 0 Å². The summed E-state index contributed by atoms with van der Waals surface area (Å²) in [5.74, 6) is 1.35. The van der Waals surface area contributed by atoms with E-state index in [0.717, 1.165) is 30.8 Å². The molecule has 2 aromatic rings. The standard InChI is InChI=1S/C19H25N5O3/c1-4-27-19(26)22-15-6-5-9-24(11-15)16-8-7-14(10-20-16)17-21-13(3)12(2)18(25)23-17/h7-8,10,15H,4-6,9,11H2,1-3H3,(H,22,26)(H,21,23,25). The van der Waals surface area contributed by atoms with Crippen LogP contribution in [0, 0.1) is 13.8 Å². The fraction of sp³-hybridized carbons (Fsp3) is 0.474. The van der Waals surface area contributed by atoms with Crippen LogP contribution >= 0.6 is 0 Å². The van der Waals surface area contributed by atoms with Crippen LogP contribution in [0.4, 0.5) is 10.6 Å². The van der Waals surface area contributed by atoms with Crippen molar-refractivity contribution < 1.29 is 9.53 Å². The van der Waals surface area contributed by atoms with Gasteiger partial charge in [0.15, 0.2) is 0 Å². The third-order valence-corrected chi connectivity index (χ3v) is 4.76. The molecule has 3 rings (SSSR count). The number of anilines is 1. The van der Waals surface area contributed by atoms with E-state index in [2.05, 4.69) is 25.2 Å². The molecular formula is C19H25N5O3. The summed E-state index contributed by atoms with van der Waals surface area (Å²) in [6.07, 6.45) is 3.22. The maximum absolute atomic E-state index is 12.0. The molecule has 0 bridgehead atoms. The minimum Gasteiger partial charge on any atom is -0.450 e. The highest BCUT2D eigenvalue weighted by Crippen LogP contribution is 2.21. The lowest BCUT2D eigenvalue weighted by Gasteiger charge is -2.33. The Bertz CT molecular complexity index is 863. The van der Waals surface area contributed by atoms with Crippen molar-refractivity contribution in [2.75, 3.05) is 24.6 Å². The van der Waals surface area contributed by atoms with E-state index in [9.17, 15) is 9.59 Å². The first-order chi connectivity index (χ1) is 13.0. The molecule has 1 amide bonds. The molecule has 0 radical (unpaired) electrons. The number of carbonyl (C=O) groups excluding carboxylic acids is 1. The lowest BCUT2D eigenvalue weighted by molar-refractivity contribution is 0.146. The smallest absolute Gasteiger partial charge is 0.407 e. The summed E-state index contributed by atoms with van der Waals surface area (Å²) in [5.41, 5.74) is 1.96. The number of amides is 1. The fourth-order valence-corrected chi connectivity index (χ4v) is 3.14. The van der Waals surface area contributed by atoms with E-state index in [1.807, 2.05) is 19.1 Å². The summed E-state index contributed by atoms with van der Waals surface area (Å²) in [4.78, 5) is 37.5. The Morgan fingerprint density at radius 3 is 2.89 bits per heavy atom. The van der Waals surface area contributed by atoms with Crippen LogP contribution in [-0.2, 0) is 4.74 Å². The molecular weight excluding hydrogens is 346 g/mol. The van der Waals surface area contributed by atoms with Crippen molar-refractivity contribution in [2.24, 2.45) is 0 Å². The Kier molecular flexibility index (Phi) is 5.73. The number of hydrogen-bond donors (Lipinski definition) is 2. The molecule has 1 aliphatic heterocycles. The summed E-state index contributed by atoms with van der Waals surface area (Å²) in [6.45, 7) is 7.29. The van der Waals surface area contributed by atoms with E-state index >= 15 is 0 Å². The number of pyridine rings is 1. The number of aromatic nitrogens is 3. The van der Waals surface area contributed by atoms with Gasteiger partial charge in [0.2, 0.25) is 0 Å². The lowest BCUT2D eigenvalue weighted by Crippen LogP contribution is -2.48. The van der Waals surface area contributed by atoms with Crippen LogP contribution < -0.4 is 15.8 Å². The highest BCUT2D eigenvalue weighted by Gasteiger charge is 2.22. The molecule has 1 saturated heterocycles. The normalized spacial score (nSPS) is 16.9. The Balaban J connectivity index is 1.71. The van der Waals surface area contributed by atoms with Crippen molar-refractivity contribution in [3.05, 3.63) is 39.9 Å². The first-order valence-corrected chi connectivity index (χ1v) is 9.20. The van der Waals surface area contributed by atoms with Gasteiger partial charge in [-0.2, -0.15) is 0 Å². The minimum absolute atomic E-state index is 0.0389. The van der Waals surface area contributed by atoms with E-state index in [-0.39, 0.29) is 17.7 Å². The van der Waals surface area contributed by atoms with E-state index < -0.39 is 0 Å². The first kappa shape index (κ1) is 18.9. The molecule has 1 aliphatic rings. The minimum atomic E-state index is -0.377. The number of alkyl carbamates (subject to hydrolysis) is 1. The molecule has 1 unspecified atom stereocenters. The van der Waals surface area contributed by atoms with E-state index in [4.69, 9.17) is 4.74 Å². The van der Waals surface area contributed by atoms with Crippen molar-refractivity contribution in [1.82, 2.24) is 20.3 Å². The summed E-state index contributed by atoms with van der Waals surface area (Å²) in [5, 5.41) is 2.89. The van der Waals surface area contributed by atoms with Gasteiger partial charge < -0.3 is 19.9 Å². The Morgan fingerprint density at radius 1 is 1.41 bits per heavy atom. The number of hydrogen-bond acceptors (Lipinski definition) is 6. The van der Waals surface area contributed by atoms with Crippen molar-refractivity contribution in [2.45, 2.75) is 39.7 Å². The van der Waals surface area contributed by atoms with Gasteiger partial charge in [-0.3, -0.25) is 4.79 Å². The van der Waals surface area contributed by atoms with Gasteiger partial charge in [-0.25, -0.2) is 14.8 Å². The number of rotatable bonds is 4. The van der Waals surface area contributed by atoms with E-state index in [1.54, 1.807) is 20.0 Å². The van der Waals surface area contributed by atoms with Gasteiger partial charge in [-0.1, -0.05) is 0 Å². The van der Waals surface area contributed by atoms with Crippen LogP contribution in [0.3, 0.4) is 0 Å². The number of nitrogens with zero attached hydrogens (tertiary/aromatic N) is 3. The van der Waals surface area contributed by atoms with Crippen molar-refractivity contribution in [3.8, 4) is 11.4 Å². The molecule has 0 spiro atoms. The second-order valence-corrected chi connectivity index (χ2v) is 6.68.